The first-order valence-electron chi connectivity index (χ1n) is 5.63. The standard InChI is InChI=1S/C14H10BrCl2NO2/c15-9-2-1-8(12(16)5-9)7-20-14(19)11-4-3-10(18)6-13(11)17/h1-6H,7,18H2. The van der Waals surface area contributed by atoms with E-state index in [1.165, 1.54) is 12.1 Å². The molecule has 0 radical (unpaired) electrons. The van der Waals surface area contributed by atoms with Crippen LogP contribution in [0.3, 0.4) is 0 Å². The van der Waals surface area contributed by atoms with Crippen LogP contribution in [0.15, 0.2) is 40.9 Å². The summed E-state index contributed by atoms with van der Waals surface area (Å²) in [6.45, 7) is 0.0751. The molecule has 6 heteroatoms. The van der Waals surface area contributed by atoms with Gasteiger partial charge in [-0.2, -0.15) is 0 Å². The SMILES string of the molecule is Nc1ccc(C(=O)OCc2ccc(Br)cc2Cl)c(Cl)c1. The molecule has 0 saturated carbocycles. The lowest BCUT2D eigenvalue weighted by Crippen LogP contribution is -2.06. The molecule has 0 amide bonds. The van der Waals surface area contributed by atoms with Crippen LogP contribution < -0.4 is 5.73 Å². The van der Waals surface area contributed by atoms with Gasteiger partial charge in [0.1, 0.15) is 6.61 Å². The fourth-order valence-corrected chi connectivity index (χ4v) is 2.55. The van der Waals surface area contributed by atoms with Gasteiger partial charge in [0.25, 0.3) is 0 Å². The van der Waals surface area contributed by atoms with Crippen LogP contribution in [-0.2, 0) is 11.3 Å². The molecule has 0 saturated heterocycles. The van der Waals surface area contributed by atoms with Crippen molar-refractivity contribution < 1.29 is 9.53 Å². The number of ether oxygens (including phenoxy) is 1. The van der Waals surface area contributed by atoms with Crippen molar-refractivity contribution in [3.05, 3.63) is 62.0 Å². The minimum atomic E-state index is -0.519. The highest BCUT2D eigenvalue weighted by Gasteiger charge is 2.13. The van der Waals surface area contributed by atoms with Crippen LogP contribution in [-0.4, -0.2) is 5.97 Å². The van der Waals surface area contributed by atoms with E-state index in [2.05, 4.69) is 15.9 Å². The Morgan fingerprint density at radius 3 is 2.55 bits per heavy atom. The third kappa shape index (κ3) is 3.66. The Kier molecular flexibility index (Phi) is 4.91. The second kappa shape index (κ2) is 6.48. The number of hydrogen-bond acceptors (Lipinski definition) is 3. The molecule has 2 rings (SSSR count). The van der Waals surface area contributed by atoms with E-state index in [9.17, 15) is 4.79 Å². The number of carbonyl (C=O) groups is 1. The lowest BCUT2D eigenvalue weighted by molar-refractivity contribution is 0.0473. The number of anilines is 1. The van der Waals surface area contributed by atoms with Gasteiger partial charge in [-0.05, 0) is 30.3 Å². The van der Waals surface area contributed by atoms with Crippen LogP contribution in [0.1, 0.15) is 15.9 Å². The third-order valence-corrected chi connectivity index (χ3v) is 3.74. The zero-order valence-electron chi connectivity index (χ0n) is 10.2. The molecular formula is C14H10BrCl2NO2. The van der Waals surface area contributed by atoms with Gasteiger partial charge in [0.05, 0.1) is 10.6 Å². The molecule has 20 heavy (non-hydrogen) atoms. The quantitative estimate of drug-likeness (QED) is 0.626. The maximum Gasteiger partial charge on any atom is 0.339 e. The molecule has 0 aliphatic heterocycles. The fraction of sp³-hybridized carbons (Fsp3) is 0.0714. The van der Waals surface area contributed by atoms with E-state index in [1.807, 2.05) is 6.07 Å². The molecule has 0 bridgehead atoms. The maximum atomic E-state index is 11.9. The van der Waals surface area contributed by atoms with E-state index in [0.29, 0.717) is 10.7 Å². The smallest absolute Gasteiger partial charge is 0.339 e. The van der Waals surface area contributed by atoms with Crippen LogP contribution in [0.25, 0.3) is 0 Å². The number of rotatable bonds is 3. The van der Waals surface area contributed by atoms with Gasteiger partial charge in [-0.1, -0.05) is 45.2 Å². The molecule has 0 aliphatic carbocycles. The average molecular weight is 375 g/mol. The van der Waals surface area contributed by atoms with Crippen LogP contribution in [0.4, 0.5) is 5.69 Å². The summed E-state index contributed by atoms with van der Waals surface area (Å²) in [7, 11) is 0. The highest BCUT2D eigenvalue weighted by Crippen LogP contribution is 2.24. The summed E-state index contributed by atoms with van der Waals surface area (Å²) in [6.07, 6.45) is 0. The van der Waals surface area contributed by atoms with Gasteiger partial charge in [-0.25, -0.2) is 4.79 Å². The Hall–Kier alpha value is -1.23. The number of halogens is 3. The van der Waals surface area contributed by atoms with E-state index < -0.39 is 5.97 Å². The molecule has 0 atom stereocenters. The minimum Gasteiger partial charge on any atom is -0.457 e. The molecule has 104 valence electrons. The zero-order valence-corrected chi connectivity index (χ0v) is 13.3. The number of nitrogen functional groups attached to an aromatic ring is 1. The summed E-state index contributed by atoms with van der Waals surface area (Å²) in [4.78, 5) is 11.9. The summed E-state index contributed by atoms with van der Waals surface area (Å²) in [5, 5.41) is 0.785. The van der Waals surface area contributed by atoms with Gasteiger partial charge in [0, 0.05) is 20.7 Å². The predicted molar refractivity (Wildman–Crippen MR) is 84.1 cm³/mol. The predicted octanol–water partition coefficient (Wildman–Crippen LogP) is 4.70. The lowest BCUT2D eigenvalue weighted by atomic mass is 10.2. The Morgan fingerprint density at radius 1 is 1.15 bits per heavy atom. The van der Waals surface area contributed by atoms with E-state index in [-0.39, 0.29) is 17.2 Å². The van der Waals surface area contributed by atoms with Gasteiger partial charge in [0.2, 0.25) is 0 Å². The Morgan fingerprint density at radius 2 is 1.90 bits per heavy atom. The van der Waals surface area contributed by atoms with Crippen LogP contribution in [0.5, 0.6) is 0 Å². The summed E-state index contributed by atoms with van der Waals surface area (Å²) in [5.74, 6) is -0.519. The summed E-state index contributed by atoms with van der Waals surface area (Å²) >= 11 is 15.3. The molecule has 0 aliphatic rings. The number of nitrogens with two attached hydrogens (primary N) is 1. The van der Waals surface area contributed by atoms with E-state index in [1.54, 1.807) is 18.2 Å². The van der Waals surface area contributed by atoms with E-state index in [0.717, 1.165) is 10.0 Å². The molecule has 2 aromatic rings. The van der Waals surface area contributed by atoms with Crippen molar-refractivity contribution in [3.63, 3.8) is 0 Å². The van der Waals surface area contributed by atoms with Crippen molar-refractivity contribution >= 4 is 50.8 Å². The highest BCUT2D eigenvalue weighted by atomic mass is 79.9. The Bertz CT molecular complexity index is 662. The summed E-state index contributed by atoms with van der Waals surface area (Å²) in [6, 6.07) is 9.97. The molecule has 3 nitrogen and oxygen atoms in total. The second-order valence-corrected chi connectivity index (χ2v) is 5.78. The Labute approximate surface area is 134 Å². The zero-order chi connectivity index (χ0) is 14.7. The van der Waals surface area contributed by atoms with Gasteiger partial charge >= 0.3 is 5.97 Å². The van der Waals surface area contributed by atoms with Crippen LogP contribution in [0.2, 0.25) is 10.0 Å². The molecule has 0 spiro atoms. The highest BCUT2D eigenvalue weighted by molar-refractivity contribution is 9.10. The van der Waals surface area contributed by atoms with Crippen molar-refractivity contribution in [1.29, 1.82) is 0 Å². The maximum absolute atomic E-state index is 11.9. The van der Waals surface area contributed by atoms with Gasteiger partial charge in [0.15, 0.2) is 0 Å². The fourth-order valence-electron chi connectivity index (χ4n) is 1.56. The second-order valence-electron chi connectivity index (χ2n) is 4.05. The third-order valence-electron chi connectivity index (χ3n) is 2.59. The molecular weight excluding hydrogens is 365 g/mol. The number of hydrogen-bond donors (Lipinski definition) is 1. The molecule has 2 aromatic carbocycles. The van der Waals surface area contributed by atoms with Crippen molar-refractivity contribution in [2.75, 3.05) is 5.73 Å². The van der Waals surface area contributed by atoms with E-state index >= 15 is 0 Å². The topological polar surface area (TPSA) is 52.3 Å². The number of esters is 1. The average Bonchev–Trinajstić information content (AvgIpc) is 2.37. The largest absolute Gasteiger partial charge is 0.457 e. The van der Waals surface area contributed by atoms with Crippen LogP contribution >= 0.6 is 39.1 Å². The first-order chi connectivity index (χ1) is 9.47. The minimum absolute atomic E-state index is 0.0751. The first kappa shape index (κ1) is 15.2. The van der Waals surface area contributed by atoms with Crippen molar-refractivity contribution in [1.82, 2.24) is 0 Å². The molecule has 0 heterocycles. The van der Waals surface area contributed by atoms with Crippen LogP contribution in [0, 0.1) is 0 Å². The number of benzene rings is 2. The first-order valence-corrected chi connectivity index (χ1v) is 7.18. The molecule has 0 unspecified atom stereocenters. The normalized spacial score (nSPS) is 10.3. The molecule has 0 fully saturated rings. The van der Waals surface area contributed by atoms with Crippen molar-refractivity contribution in [2.45, 2.75) is 6.61 Å². The van der Waals surface area contributed by atoms with Gasteiger partial charge in [-0.3, -0.25) is 0 Å². The summed E-state index contributed by atoms with van der Waals surface area (Å²) in [5.41, 5.74) is 7.05. The number of carbonyl (C=O) groups excluding carboxylic acids is 1. The summed E-state index contributed by atoms with van der Waals surface area (Å²) < 4.78 is 6.05. The van der Waals surface area contributed by atoms with Crippen molar-refractivity contribution in [3.8, 4) is 0 Å². The van der Waals surface area contributed by atoms with E-state index in [4.69, 9.17) is 33.7 Å². The molecule has 2 N–H and O–H groups in total. The monoisotopic (exact) mass is 373 g/mol. The van der Waals surface area contributed by atoms with Gasteiger partial charge < -0.3 is 10.5 Å². The van der Waals surface area contributed by atoms with Crippen molar-refractivity contribution in [2.24, 2.45) is 0 Å². The molecule has 0 aromatic heterocycles. The Balaban J connectivity index is 2.08. The lowest BCUT2D eigenvalue weighted by Gasteiger charge is -2.08. The van der Waals surface area contributed by atoms with Gasteiger partial charge in [-0.15, -0.1) is 0 Å².